The van der Waals surface area contributed by atoms with Gasteiger partial charge in [-0.05, 0) is 12.1 Å². The Morgan fingerprint density at radius 3 is 2.92 bits per heavy atom. The van der Waals surface area contributed by atoms with E-state index in [0.717, 1.165) is 4.70 Å². The van der Waals surface area contributed by atoms with E-state index >= 15 is 0 Å². The minimum atomic E-state index is -0.329. The van der Waals surface area contributed by atoms with Crippen LogP contribution in [0.3, 0.4) is 0 Å². The van der Waals surface area contributed by atoms with Crippen molar-refractivity contribution >= 4 is 34.1 Å². The van der Waals surface area contributed by atoms with Crippen molar-refractivity contribution < 1.29 is 4.39 Å². The van der Waals surface area contributed by atoms with Crippen molar-refractivity contribution in [1.29, 1.82) is 5.26 Å². The first kappa shape index (κ1) is 8.54. The van der Waals surface area contributed by atoms with Crippen LogP contribution in [0.1, 0.15) is 5.56 Å². The maximum absolute atomic E-state index is 13.2. The molecule has 0 spiro atoms. The molecule has 1 aromatic carbocycles. The predicted octanol–water partition coefficient (Wildman–Crippen LogP) is 3.20. The summed E-state index contributed by atoms with van der Waals surface area (Å²) >= 11 is 5.41. The monoisotopic (exact) mass is 209 g/mol. The van der Waals surface area contributed by atoms with Gasteiger partial charge < -0.3 is 0 Å². The van der Waals surface area contributed by atoms with E-state index in [9.17, 15) is 4.39 Å². The second-order valence-electron chi connectivity index (χ2n) is 2.56. The molecule has 0 aliphatic rings. The van der Waals surface area contributed by atoms with Gasteiger partial charge in [0.2, 0.25) is 0 Å². The van der Waals surface area contributed by atoms with Crippen LogP contribution < -0.4 is 0 Å². The topological polar surface area (TPSA) is 23.8 Å². The Labute approximate surface area is 83.8 Å². The normalized spacial score (nSPS) is 10.2. The fourth-order valence-corrected chi connectivity index (χ4v) is 2.42. The molecule has 4 heteroatoms. The number of thiol groups is 1. The Hall–Kier alpha value is -1.05. The minimum Gasteiger partial charge on any atom is -0.205 e. The lowest BCUT2D eigenvalue weighted by molar-refractivity contribution is 0.644. The van der Waals surface area contributed by atoms with Gasteiger partial charge in [0.1, 0.15) is 5.82 Å². The summed E-state index contributed by atoms with van der Waals surface area (Å²) in [6.07, 6.45) is 0. The lowest BCUT2D eigenvalue weighted by atomic mass is 10.1. The van der Waals surface area contributed by atoms with Gasteiger partial charge in [0.25, 0.3) is 0 Å². The molecule has 1 nitrogen and oxygen atoms in total. The molecule has 0 radical (unpaired) electrons. The van der Waals surface area contributed by atoms with Gasteiger partial charge in [0, 0.05) is 20.4 Å². The number of nitrogens with zero attached hydrogens (tertiary/aromatic N) is 1. The van der Waals surface area contributed by atoms with Gasteiger partial charge in [-0.25, -0.2) is 4.39 Å². The van der Waals surface area contributed by atoms with Crippen LogP contribution in [0, 0.1) is 17.1 Å². The summed E-state index contributed by atoms with van der Waals surface area (Å²) in [7, 11) is 0. The van der Waals surface area contributed by atoms with Crippen LogP contribution in [0.25, 0.3) is 10.1 Å². The molecule has 0 saturated carbocycles. The Balaban J connectivity index is 2.95. The van der Waals surface area contributed by atoms with E-state index in [0.29, 0.717) is 15.8 Å². The highest BCUT2D eigenvalue weighted by Gasteiger charge is 2.09. The average molecular weight is 209 g/mol. The lowest BCUT2D eigenvalue weighted by Gasteiger charge is -1.95. The molecule has 1 aromatic heterocycles. The number of nitriles is 1. The molecule has 64 valence electrons. The van der Waals surface area contributed by atoms with Gasteiger partial charge in [-0.3, -0.25) is 0 Å². The molecule has 2 rings (SSSR count). The number of hydrogen-bond acceptors (Lipinski definition) is 3. The van der Waals surface area contributed by atoms with Crippen LogP contribution in [0.4, 0.5) is 4.39 Å². The molecule has 1 heterocycles. The van der Waals surface area contributed by atoms with Crippen LogP contribution in [0.5, 0.6) is 0 Å². The smallest absolute Gasteiger partial charge is 0.143 e. The molecule has 0 fully saturated rings. The molecule has 0 amide bonds. The van der Waals surface area contributed by atoms with Crippen molar-refractivity contribution in [3.05, 3.63) is 28.9 Å². The number of thiophene rings is 1. The first-order valence-electron chi connectivity index (χ1n) is 3.52. The van der Waals surface area contributed by atoms with Gasteiger partial charge in [0.05, 0.1) is 11.6 Å². The molecular weight excluding hydrogens is 205 g/mol. The summed E-state index contributed by atoms with van der Waals surface area (Å²) in [4.78, 5) is 0.686. The van der Waals surface area contributed by atoms with Crippen LogP contribution in [0.15, 0.2) is 22.4 Å². The standard InChI is InChI=1S/C9H4FNS2/c10-7-4-13-8-2-6(12)1-5(3-11)9(7)8/h1-2,4,12H. The summed E-state index contributed by atoms with van der Waals surface area (Å²) in [6, 6.07) is 5.28. The zero-order valence-corrected chi connectivity index (χ0v) is 8.12. The van der Waals surface area contributed by atoms with Crippen LogP contribution in [-0.2, 0) is 0 Å². The predicted molar refractivity (Wildman–Crippen MR) is 53.8 cm³/mol. The lowest BCUT2D eigenvalue weighted by Crippen LogP contribution is -1.78. The highest BCUT2D eigenvalue weighted by Crippen LogP contribution is 2.29. The maximum atomic E-state index is 13.2. The zero-order chi connectivity index (χ0) is 9.42. The summed E-state index contributed by atoms with van der Waals surface area (Å²) in [5, 5.41) is 10.6. The van der Waals surface area contributed by atoms with E-state index in [-0.39, 0.29) is 5.82 Å². The van der Waals surface area contributed by atoms with Gasteiger partial charge >= 0.3 is 0 Å². The third kappa shape index (κ3) is 1.30. The number of hydrogen-bond donors (Lipinski definition) is 1. The first-order valence-corrected chi connectivity index (χ1v) is 4.85. The number of halogens is 1. The summed E-state index contributed by atoms with van der Waals surface area (Å²) in [5.41, 5.74) is 0.348. The van der Waals surface area contributed by atoms with Crippen molar-refractivity contribution in [3.63, 3.8) is 0 Å². The zero-order valence-electron chi connectivity index (χ0n) is 6.41. The Morgan fingerprint density at radius 1 is 1.46 bits per heavy atom. The Kier molecular flexibility index (Phi) is 1.98. The highest BCUT2D eigenvalue weighted by atomic mass is 32.1. The number of fused-ring (bicyclic) bond motifs is 1. The van der Waals surface area contributed by atoms with Gasteiger partial charge in [-0.15, -0.1) is 24.0 Å². The van der Waals surface area contributed by atoms with E-state index in [1.54, 1.807) is 12.1 Å². The van der Waals surface area contributed by atoms with Gasteiger partial charge in [0.15, 0.2) is 0 Å². The molecule has 0 unspecified atom stereocenters. The first-order chi connectivity index (χ1) is 6.22. The van der Waals surface area contributed by atoms with Crippen molar-refractivity contribution in [3.8, 4) is 6.07 Å². The molecule has 0 atom stereocenters. The minimum absolute atomic E-state index is 0.329. The van der Waals surface area contributed by atoms with Crippen molar-refractivity contribution in [1.82, 2.24) is 0 Å². The maximum Gasteiger partial charge on any atom is 0.143 e. The van der Waals surface area contributed by atoms with E-state index in [4.69, 9.17) is 5.26 Å². The third-order valence-electron chi connectivity index (χ3n) is 1.74. The highest BCUT2D eigenvalue weighted by molar-refractivity contribution is 7.80. The molecule has 0 aliphatic carbocycles. The Bertz CT molecular complexity index is 510. The SMILES string of the molecule is N#Cc1cc(S)cc2scc(F)c12. The second-order valence-corrected chi connectivity index (χ2v) is 3.99. The molecule has 2 aromatic rings. The van der Waals surface area contributed by atoms with E-state index < -0.39 is 0 Å². The molecular formula is C9H4FNS2. The van der Waals surface area contributed by atoms with Crippen LogP contribution in [-0.4, -0.2) is 0 Å². The molecule has 13 heavy (non-hydrogen) atoms. The summed E-state index contributed by atoms with van der Waals surface area (Å²) < 4.78 is 13.9. The number of rotatable bonds is 0. The third-order valence-corrected chi connectivity index (χ3v) is 2.89. The average Bonchev–Trinajstić information content (AvgIpc) is 2.46. The molecule has 0 saturated heterocycles. The van der Waals surface area contributed by atoms with Gasteiger partial charge in [-0.1, -0.05) is 0 Å². The summed E-state index contributed by atoms with van der Waals surface area (Å²) in [5.74, 6) is -0.329. The van der Waals surface area contributed by atoms with Crippen molar-refractivity contribution in [2.75, 3.05) is 0 Å². The Morgan fingerprint density at radius 2 is 2.23 bits per heavy atom. The quantitative estimate of drug-likeness (QED) is 0.662. The van der Waals surface area contributed by atoms with Gasteiger partial charge in [-0.2, -0.15) is 5.26 Å². The van der Waals surface area contributed by atoms with Crippen molar-refractivity contribution in [2.45, 2.75) is 4.90 Å². The molecule has 0 N–H and O–H groups in total. The fourth-order valence-electron chi connectivity index (χ4n) is 1.20. The van der Waals surface area contributed by atoms with Crippen LogP contribution in [0.2, 0.25) is 0 Å². The van der Waals surface area contributed by atoms with E-state index in [1.807, 2.05) is 6.07 Å². The summed E-state index contributed by atoms with van der Waals surface area (Å²) in [6.45, 7) is 0. The molecule has 0 aliphatic heterocycles. The molecule has 0 bridgehead atoms. The largest absolute Gasteiger partial charge is 0.205 e. The van der Waals surface area contributed by atoms with Crippen molar-refractivity contribution in [2.24, 2.45) is 0 Å². The van der Waals surface area contributed by atoms with Crippen LogP contribution >= 0.6 is 24.0 Å². The number of benzene rings is 1. The van der Waals surface area contributed by atoms with E-state index in [2.05, 4.69) is 12.6 Å². The fraction of sp³-hybridized carbons (Fsp3) is 0. The second kappa shape index (κ2) is 3.02. The van der Waals surface area contributed by atoms with E-state index in [1.165, 1.54) is 16.7 Å².